The molecule has 0 spiro atoms. The van der Waals surface area contributed by atoms with E-state index in [0.29, 0.717) is 11.7 Å². The smallest absolute Gasteiger partial charge is 0.233 e. The summed E-state index contributed by atoms with van der Waals surface area (Å²) in [5, 5.41) is 11.7. The molecule has 1 atom stereocenters. The Morgan fingerprint density at radius 3 is 2.75 bits per heavy atom. The molecule has 6 nitrogen and oxygen atoms in total. The van der Waals surface area contributed by atoms with Crippen molar-refractivity contribution in [3.05, 3.63) is 54.5 Å². The van der Waals surface area contributed by atoms with Crippen molar-refractivity contribution < 1.29 is 9.21 Å². The van der Waals surface area contributed by atoms with Crippen molar-refractivity contribution in [2.24, 2.45) is 7.05 Å². The molecule has 2 heterocycles. The number of benzene rings is 1. The second kappa shape index (κ2) is 7.35. The van der Waals surface area contributed by atoms with Crippen molar-refractivity contribution >= 4 is 17.7 Å². The minimum absolute atomic E-state index is 0.0688. The van der Waals surface area contributed by atoms with Crippen LogP contribution in [0.25, 0.3) is 11.4 Å². The summed E-state index contributed by atoms with van der Waals surface area (Å²) in [5.74, 6) is 1.44. The van der Waals surface area contributed by atoms with Gasteiger partial charge in [0.15, 0.2) is 11.0 Å². The van der Waals surface area contributed by atoms with Gasteiger partial charge in [-0.1, -0.05) is 42.1 Å². The van der Waals surface area contributed by atoms with E-state index in [9.17, 15) is 4.79 Å². The number of carbonyl (C=O) groups excluding carboxylic acids is 1. The van der Waals surface area contributed by atoms with Gasteiger partial charge in [-0.05, 0) is 19.1 Å². The molecule has 24 heavy (non-hydrogen) atoms. The number of rotatable bonds is 6. The monoisotopic (exact) mass is 342 g/mol. The van der Waals surface area contributed by atoms with Crippen LogP contribution in [0.3, 0.4) is 0 Å². The number of nitrogens with zero attached hydrogens (tertiary/aromatic N) is 3. The summed E-state index contributed by atoms with van der Waals surface area (Å²) in [4.78, 5) is 12.2. The molecule has 0 aliphatic carbocycles. The highest BCUT2D eigenvalue weighted by Crippen LogP contribution is 2.25. The molecule has 0 saturated carbocycles. The average Bonchev–Trinajstić information content (AvgIpc) is 3.24. The Balaban J connectivity index is 1.63. The fourth-order valence-corrected chi connectivity index (χ4v) is 3.04. The van der Waals surface area contributed by atoms with E-state index in [4.69, 9.17) is 4.42 Å². The van der Waals surface area contributed by atoms with Gasteiger partial charge in [-0.25, -0.2) is 0 Å². The van der Waals surface area contributed by atoms with Crippen LogP contribution in [0.2, 0.25) is 0 Å². The van der Waals surface area contributed by atoms with Crippen LogP contribution < -0.4 is 5.32 Å². The summed E-state index contributed by atoms with van der Waals surface area (Å²) in [5.41, 5.74) is 0.995. The molecule has 1 aromatic carbocycles. The molecule has 0 radical (unpaired) electrons. The Morgan fingerprint density at radius 2 is 2.04 bits per heavy atom. The van der Waals surface area contributed by atoms with Gasteiger partial charge in [0, 0.05) is 12.6 Å². The maximum atomic E-state index is 12.2. The average molecular weight is 342 g/mol. The van der Waals surface area contributed by atoms with Gasteiger partial charge in [-0.3, -0.25) is 4.79 Å². The van der Waals surface area contributed by atoms with E-state index in [2.05, 4.69) is 15.5 Å². The first-order valence-electron chi connectivity index (χ1n) is 7.56. The molecular weight excluding hydrogens is 324 g/mol. The van der Waals surface area contributed by atoms with E-state index in [1.807, 2.05) is 54.9 Å². The Morgan fingerprint density at radius 1 is 1.25 bits per heavy atom. The molecule has 3 aromatic rings. The molecule has 0 aliphatic heterocycles. The molecule has 0 fully saturated rings. The Bertz CT molecular complexity index is 799. The number of aromatic nitrogens is 3. The van der Waals surface area contributed by atoms with Crippen molar-refractivity contribution in [1.29, 1.82) is 0 Å². The molecule has 7 heteroatoms. The Labute approximate surface area is 144 Å². The standard InChI is InChI=1S/C17H18N4O2S/c1-12(16(22)18-11-14-9-6-10-23-14)24-17-20-19-15(21(17)2)13-7-4-3-5-8-13/h3-10,12H,11H2,1-2H3,(H,18,22). The molecule has 0 saturated heterocycles. The largest absolute Gasteiger partial charge is 0.467 e. The van der Waals surface area contributed by atoms with Gasteiger partial charge in [-0.15, -0.1) is 10.2 Å². The van der Waals surface area contributed by atoms with Crippen LogP contribution in [-0.4, -0.2) is 25.9 Å². The first-order valence-corrected chi connectivity index (χ1v) is 8.44. The quantitative estimate of drug-likeness (QED) is 0.697. The summed E-state index contributed by atoms with van der Waals surface area (Å²) < 4.78 is 7.10. The number of carbonyl (C=O) groups is 1. The maximum absolute atomic E-state index is 12.2. The van der Waals surface area contributed by atoms with Gasteiger partial charge in [0.25, 0.3) is 0 Å². The molecular formula is C17H18N4O2S. The van der Waals surface area contributed by atoms with Gasteiger partial charge < -0.3 is 14.3 Å². The van der Waals surface area contributed by atoms with E-state index in [1.165, 1.54) is 11.8 Å². The first kappa shape index (κ1) is 16.3. The van der Waals surface area contributed by atoms with Crippen LogP contribution in [-0.2, 0) is 18.4 Å². The van der Waals surface area contributed by atoms with Crippen LogP contribution in [0.1, 0.15) is 12.7 Å². The highest BCUT2D eigenvalue weighted by atomic mass is 32.2. The third-order valence-electron chi connectivity index (χ3n) is 3.54. The number of hydrogen-bond acceptors (Lipinski definition) is 5. The van der Waals surface area contributed by atoms with Gasteiger partial charge >= 0.3 is 0 Å². The highest BCUT2D eigenvalue weighted by Gasteiger charge is 2.19. The molecule has 1 amide bonds. The minimum atomic E-state index is -0.286. The fourth-order valence-electron chi connectivity index (χ4n) is 2.20. The molecule has 124 valence electrons. The van der Waals surface area contributed by atoms with Crippen molar-refractivity contribution in [3.63, 3.8) is 0 Å². The number of nitrogens with one attached hydrogen (secondary N) is 1. The zero-order valence-electron chi connectivity index (χ0n) is 13.5. The lowest BCUT2D eigenvalue weighted by Gasteiger charge is -2.11. The zero-order valence-corrected chi connectivity index (χ0v) is 14.3. The third kappa shape index (κ3) is 3.68. The van der Waals surface area contributed by atoms with Crippen molar-refractivity contribution in [2.75, 3.05) is 0 Å². The summed E-state index contributed by atoms with van der Waals surface area (Å²) >= 11 is 1.38. The molecule has 1 unspecified atom stereocenters. The van der Waals surface area contributed by atoms with E-state index in [1.54, 1.807) is 12.3 Å². The Kier molecular flexibility index (Phi) is 5.00. The SMILES string of the molecule is CC(Sc1nnc(-c2ccccc2)n1C)C(=O)NCc1ccco1. The summed E-state index contributed by atoms with van der Waals surface area (Å²) in [7, 11) is 1.90. The van der Waals surface area contributed by atoms with Crippen LogP contribution in [0.5, 0.6) is 0 Å². The van der Waals surface area contributed by atoms with Gasteiger partial charge in [0.05, 0.1) is 18.1 Å². The van der Waals surface area contributed by atoms with Crippen molar-refractivity contribution in [3.8, 4) is 11.4 Å². The lowest BCUT2D eigenvalue weighted by atomic mass is 10.2. The van der Waals surface area contributed by atoms with Crippen LogP contribution in [0.4, 0.5) is 0 Å². The normalized spacial score (nSPS) is 12.1. The predicted molar refractivity (Wildman–Crippen MR) is 92.3 cm³/mol. The lowest BCUT2D eigenvalue weighted by molar-refractivity contribution is -0.120. The number of thioether (sulfide) groups is 1. The maximum Gasteiger partial charge on any atom is 0.233 e. The van der Waals surface area contributed by atoms with Crippen LogP contribution in [0.15, 0.2) is 58.3 Å². The van der Waals surface area contributed by atoms with E-state index < -0.39 is 0 Å². The molecule has 0 bridgehead atoms. The molecule has 3 rings (SSSR count). The Hall–Kier alpha value is -2.54. The third-order valence-corrected chi connectivity index (χ3v) is 4.67. The second-order valence-electron chi connectivity index (χ2n) is 5.29. The van der Waals surface area contributed by atoms with Crippen LogP contribution >= 0.6 is 11.8 Å². The van der Waals surface area contributed by atoms with Gasteiger partial charge in [0.2, 0.25) is 5.91 Å². The highest BCUT2D eigenvalue weighted by molar-refractivity contribution is 8.00. The molecule has 2 aromatic heterocycles. The van der Waals surface area contributed by atoms with Gasteiger partial charge in [-0.2, -0.15) is 0 Å². The number of hydrogen-bond donors (Lipinski definition) is 1. The van der Waals surface area contributed by atoms with Crippen molar-refractivity contribution in [2.45, 2.75) is 23.9 Å². The van der Waals surface area contributed by atoms with E-state index >= 15 is 0 Å². The molecule has 0 aliphatic rings. The number of furan rings is 1. The number of amides is 1. The van der Waals surface area contributed by atoms with Gasteiger partial charge in [0.1, 0.15) is 5.76 Å². The summed E-state index contributed by atoms with van der Waals surface area (Å²) in [6.07, 6.45) is 1.59. The fraction of sp³-hybridized carbons (Fsp3) is 0.235. The summed E-state index contributed by atoms with van der Waals surface area (Å²) in [6, 6.07) is 13.5. The second-order valence-corrected chi connectivity index (χ2v) is 6.60. The van der Waals surface area contributed by atoms with Crippen LogP contribution in [0, 0.1) is 0 Å². The van der Waals surface area contributed by atoms with E-state index in [0.717, 1.165) is 17.1 Å². The molecule has 1 N–H and O–H groups in total. The summed E-state index contributed by atoms with van der Waals surface area (Å²) in [6.45, 7) is 2.23. The predicted octanol–water partition coefficient (Wildman–Crippen LogP) is 2.87. The van der Waals surface area contributed by atoms with E-state index in [-0.39, 0.29) is 11.2 Å². The van der Waals surface area contributed by atoms with Crippen molar-refractivity contribution in [1.82, 2.24) is 20.1 Å². The topological polar surface area (TPSA) is 73.0 Å². The minimum Gasteiger partial charge on any atom is -0.467 e. The zero-order chi connectivity index (χ0) is 16.9. The first-order chi connectivity index (χ1) is 11.6. The lowest BCUT2D eigenvalue weighted by Crippen LogP contribution is -2.30.